The minimum absolute atomic E-state index is 0.000849. The smallest absolute Gasteiger partial charge is 0.350 e. The SMILES string of the molecule is CCC([C@H](C)O)n1ncn(-c2ccc(CCC(=O)ON3C(=O)CCC3=O)cc2)c1=O. The van der Waals surface area contributed by atoms with Gasteiger partial charge >= 0.3 is 11.7 Å². The predicted molar refractivity (Wildman–Crippen MR) is 104 cm³/mol. The van der Waals surface area contributed by atoms with Crippen LogP contribution < -0.4 is 5.69 Å². The van der Waals surface area contributed by atoms with E-state index < -0.39 is 29.9 Å². The molecular weight excluding hydrogens is 392 g/mol. The van der Waals surface area contributed by atoms with Gasteiger partial charge < -0.3 is 9.94 Å². The summed E-state index contributed by atoms with van der Waals surface area (Å²) in [6.45, 7) is 3.49. The van der Waals surface area contributed by atoms with Crippen LogP contribution in [0.5, 0.6) is 0 Å². The van der Waals surface area contributed by atoms with Crippen LogP contribution in [0, 0.1) is 0 Å². The number of amides is 2. The van der Waals surface area contributed by atoms with Gasteiger partial charge in [-0.2, -0.15) is 5.10 Å². The van der Waals surface area contributed by atoms with Crippen molar-refractivity contribution in [1.82, 2.24) is 19.4 Å². The lowest BCUT2D eigenvalue weighted by molar-refractivity contribution is -0.197. The maximum absolute atomic E-state index is 12.6. The molecule has 2 heterocycles. The third-order valence-corrected chi connectivity index (χ3v) is 5.01. The van der Waals surface area contributed by atoms with Crippen LogP contribution in [0.1, 0.15) is 51.1 Å². The average molecular weight is 416 g/mol. The summed E-state index contributed by atoms with van der Waals surface area (Å²) in [6.07, 6.45) is 1.73. The second-order valence-electron chi connectivity index (χ2n) is 7.16. The summed E-state index contributed by atoms with van der Waals surface area (Å²) >= 11 is 0. The van der Waals surface area contributed by atoms with Crippen molar-refractivity contribution in [3.05, 3.63) is 46.6 Å². The molecule has 10 nitrogen and oxygen atoms in total. The van der Waals surface area contributed by atoms with Gasteiger partial charge in [0.1, 0.15) is 6.33 Å². The van der Waals surface area contributed by atoms with Crippen LogP contribution in [-0.4, -0.2) is 48.4 Å². The summed E-state index contributed by atoms with van der Waals surface area (Å²) in [5, 5.41) is 14.5. The van der Waals surface area contributed by atoms with Gasteiger partial charge in [-0.15, -0.1) is 5.06 Å². The van der Waals surface area contributed by atoms with Crippen molar-refractivity contribution in [2.75, 3.05) is 0 Å². The quantitative estimate of drug-likeness (QED) is 0.634. The van der Waals surface area contributed by atoms with E-state index in [0.717, 1.165) is 5.56 Å². The molecule has 0 radical (unpaired) electrons. The number of imide groups is 1. The topological polar surface area (TPSA) is 124 Å². The van der Waals surface area contributed by atoms with Crippen LogP contribution in [0.3, 0.4) is 0 Å². The Morgan fingerprint density at radius 2 is 1.80 bits per heavy atom. The first-order valence-electron chi connectivity index (χ1n) is 9.82. The first-order chi connectivity index (χ1) is 14.3. The van der Waals surface area contributed by atoms with E-state index in [1.165, 1.54) is 15.6 Å². The summed E-state index contributed by atoms with van der Waals surface area (Å²) in [5.74, 6) is -1.68. The third kappa shape index (κ3) is 4.48. The van der Waals surface area contributed by atoms with Gasteiger partial charge in [0.25, 0.3) is 11.8 Å². The van der Waals surface area contributed by atoms with E-state index in [-0.39, 0.29) is 25.0 Å². The number of nitrogens with zero attached hydrogens (tertiary/aromatic N) is 4. The Morgan fingerprint density at radius 1 is 1.17 bits per heavy atom. The maximum atomic E-state index is 12.6. The van der Waals surface area contributed by atoms with Crippen LogP contribution in [0.15, 0.2) is 35.4 Å². The van der Waals surface area contributed by atoms with Gasteiger partial charge in [0.2, 0.25) is 0 Å². The highest BCUT2D eigenvalue weighted by atomic mass is 16.7. The minimum Gasteiger partial charge on any atom is -0.391 e. The Kier molecular flexibility index (Phi) is 6.46. The Labute approximate surface area is 172 Å². The molecule has 2 aromatic rings. The van der Waals surface area contributed by atoms with Gasteiger partial charge in [-0.3, -0.25) is 9.59 Å². The third-order valence-electron chi connectivity index (χ3n) is 5.01. The Balaban J connectivity index is 1.62. The standard InChI is InChI=1S/C20H24N4O6/c1-3-16(13(2)25)23-20(29)22(12-21-23)15-7-4-14(5-8-15)6-11-19(28)30-24-17(26)9-10-18(24)27/h4-5,7-8,12-13,16,25H,3,6,9-11H2,1-2H3/t13-,16?/m0/s1. The first kappa shape index (κ1) is 21.4. The Morgan fingerprint density at radius 3 is 2.37 bits per heavy atom. The lowest BCUT2D eigenvalue weighted by Crippen LogP contribution is -2.32. The van der Waals surface area contributed by atoms with E-state index >= 15 is 0 Å². The lowest BCUT2D eigenvalue weighted by Gasteiger charge is -2.16. The normalized spacial score (nSPS) is 16.0. The molecule has 1 unspecified atom stereocenters. The highest BCUT2D eigenvalue weighted by molar-refractivity contribution is 6.01. The Hall–Kier alpha value is -3.27. The summed E-state index contributed by atoms with van der Waals surface area (Å²) in [4.78, 5) is 52.3. The molecule has 1 aliphatic rings. The fourth-order valence-corrected chi connectivity index (χ4v) is 3.31. The van der Waals surface area contributed by atoms with Crippen molar-refractivity contribution >= 4 is 17.8 Å². The zero-order chi connectivity index (χ0) is 21.8. The second kappa shape index (κ2) is 9.04. The van der Waals surface area contributed by atoms with Crippen molar-refractivity contribution < 1.29 is 24.3 Å². The number of hydrogen-bond acceptors (Lipinski definition) is 7. The van der Waals surface area contributed by atoms with Crippen LogP contribution in [-0.2, 0) is 25.6 Å². The number of carbonyl (C=O) groups is 3. The lowest BCUT2D eigenvalue weighted by atomic mass is 10.1. The van der Waals surface area contributed by atoms with E-state index in [1.807, 2.05) is 6.92 Å². The maximum Gasteiger partial charge on any atom is 0.350 e. The van der Waals surface area contributed by atoms with E-state index in [0.29, 0.717) is 23.6 Å². The first-order valence-corrected chi connectivity index (χ1v) is 9.82. The molecule has 1 fully saturated rings. The number of aromatic nitrogens is 3. The van der Waals surface area contributed by atoms with E-state index in [1.54, 1.807) is 31.2 Å². The number of carbonyl (C=O) groups excluding carboxylic acids is 3. The number of hydroxylamine groups is 2. The minimum atomic E-state index is -0.704. The fourth-order valence-electron chi connectivity index (χ4n) is 3.31. The molecule has 2 atom stereocenters. The van der Waals surface area contributed by atoms with Crippen LogP contribution in [0.25, 0.3) is 5.69 Å². The van der Waals surface area contributed by atoms with Gasteiger partial charge in [0, 0.05) is 12.8 Å². The van der Waals surface area contributed by atoms with Crippen LogP contribution in [0.2, 0.25) is 0 Å². The Bertz CT molecular complexity index is 975. The van der Waals surface area contributed by atoms with Crippen LogP contribution >= 0.6 is 0 Å². The monoisotopic (exact) mass is 416 g/mol. The molecule has 1 aliphatic heterocycles. The predicted octanol–water partition coefficient (Wildman–Crippen LogP) is 0.906. The van der Waals surface area contributed by atoms with E-state index in [9.17, 15) is 24.3 Å². The molecule has 160 valence electrons. The van der Waals surface area contributed by atoms with Gasteiger partial charge in [0.05, 0.1) is 24.3 Å². The molecule has 0 bridgehead atoms. The summed E-state index contributed by atoms with van der Waals surface area (Å²) in [6, 6.07) is 6.59. The second-order valence-corrected chi connectivity index (χ2v) is 7.16. The summed E-state index contributed by atoms with van der Waals surface area (Å²) in [5.41, 5.74) is 1.08. The largest absolute Gasteiger partial charge is 0.391 e. The molecule has 2 amide bonds. The highest BCUT2D eigenvalue weighted by Crippen LogP contribution is 2.15. The molecule has 0 spiro atoms. The molecule has 3 rings (SSSR count). The zero-order valence-corrected chi connectivity index (χ0v) is 16.9. The number of hydrogen-bond donors (Lipinski definition) is 1. The molecule has 1 N–H and O–H groups in total. The average Bonchev–Trinajstić information content (AvgIpc) is 3.24. The number of aliphatic hydroxyl groups excluding tert-OH is 1. The molecule has 30 heavy (non-hydrogen) atoms. The van der Waals surface area contributed by atoms with Crippen LogP contribution in [0.4, 0.5) is 0 Å². The van der Waals surface area contributed by atoms with E-state index in [2.05, 4.69) is 5.10 Å². The number of benzene rings is 1. The van der Waals surface area contributed by atoms with Gasteiger partial charge in [-0.1, -0.05) is 19.1 Å². The molecule has 0 saturated carbocycles. The molecule has 10 heteroatoms. The molecule has 0 aliphatic carbocycles. The van der Waals surface area contributed by atoms with Gasteiger partial charge in [0.15, 0.2) is 0 Å². The fraction of sp³-hybridized carbons (Fsp3) is 0.450. The van der Waals surface area contributed by atoms with Gasteiger partial charge in [-0.25, -0.2) is 18.8 Å². The molecule has 1 aromatic carbocycles. The van der Waals surface area contributed by atoms with Crippen molar-refractivity contribution in [3.8, 4) is 5.69 Å². The van der Waals surface area contributed by atoms with Crippen molar-refractivity contribution in [3.63, 3.8) is 0 Å². The van der Waals surface area contributed by atoms with Gasteiger partial charge in [-0.05, 0) is 37.5 Å². The highest BCUT2D eigenvalue weighted by Gasteiger charge is 2.32. The zero-order valence-electron chi connectivity index (χ0n) is 16.9. The van der Waals surface area contributed by atoms with Crippen molar-refractivity contribution in [2.24, 2.45) is 0 Å². The summed E-state index contributed by atoms with van der Waals surface area (Å²) < 4.78 is 2.66. The van der Waals surface area contributed by atoms with Crippen molar-refractivity contribution in [2.45, 2.75) is 58.1 Å². The number of aryl methyl sites for hydroxylation is 1. The molecule has 1 saturated heterocycles. The molecule has 1 aromatic heterocycles. The van der Waals surface area contributed by atoms with E-state index in [4.69, 9.17) is 4.84 Å². The van der Waals surface area contributed by atoms with Crippen molar-refractivity contribution in [1.29, 1.82) is 0 Å². The number of aliphatic hydroxyl groups is 1. The summed E-state index contributed by atoms with van der Waals surface area (Å²) in [7, 11) is 0. The molecular formula is C20H24N4O6. The number of rotatable bonds is 8.